The van der Waals surface area contributed by atoms with Crippen molar-refractivity contribution >= 4 is 40.6 Å². The number of unbranched alkanes of at least 4 members (excludes halogenated alkanes) is 4. The molecule has 2 atom stereocenters. The summed E-state index contributed by atoms with van der Waals surface area (Å²) in [5.41, 5.74) is -0.531. The number of thioether (sulfide) groups is 1. The Morgan fingerprint density at radius 2 is 1.90 bits per heavy atom. The van der Waals surface area contributed by atoms with Gasteiger partial charge in [-0.05, 0) is 44.9 Å². The first kappa shape index (κ1) is 33.7. The Labute approximate surface area is 244 Å². The third kappa shape index (κ3) is 12.2. The van der Waals surface area contributed by atoms with Crippen molar-refractivity contribution in [3.8, 4) is 0 Å². The molecule has 0 saturated heterocycles. The van der Waals surface area contributed by atoms with Crippen LogP contribution in [-0.2, 0) is 30.5 Å². The highest BCUT2D eigenvalue weighted by molar-refractivity contribution is 8.13. The second-order valence-corrected chi connectivity index (χ2v) is 10.7. The third-order valence-corrected chi connectivity index (χ3v) is 7.07. The number of carbonyl (C=O) groups is 5. The number of hydrogen-bond acceptors (Lipinski definition) is 8. The minimum absolute atomic E-state index is 0.103. The summed E-state index contributed by atoms with van der Waals surface area (Å²) in [6.07, 6.45) is 9.96. The molecule has 0 spiro atoms. The van der Waals surface area contributed by atoms with Gasteiger partial charge in [0.05, 0.1) is 18.7 Å². The fourth-order valence-corrected chi connectivity index (χ4v) is 4.56. The topological polar surface area (TPSA) is 144 Å². The van der Waals surface area contributed by atoms with E-state index in [9.17, 15) is 28.4 Å². The quantitative estimate of drug-likeness (QED) is 0.161. The Balaban J connectivity index is 2.08. The number of aromatic nitrogens is 1. The van der Waals surface area contributed by atoms with Crippen LogP contribution in [0.1, 0.15) is 88.3 Å². The minimum Gasteiger partial charge on any atom is -0.456 e. The molecular formula is C29H39FN4O6S. The van der Waals surface area contributed by atoms with E-state index in [1.807, 2.05) is 0 Å². The highest BCUT2D eigenvalue weighted by Crippen LogP contribution is 2.14. The van der Waals surface area contributed by atoms with Crippen molar-refractivity contribution in [1.82, 2.24) is 20.9 Å². The molecule has 2 heterocycles. The number of hydrogen-bond donors (Lipinski definition) is 3. The van der Waals surface area contributed by atoms with Crippen LogP contribution in [0.4, 0.5) is 4.39 Å². The van der Waals surface area contributed by atoms with Crippen molar-refractivity contribution < 1.29 is 33.1 Å². The second-order valence-electron chi connectivity index (χ2n) is 9.54. The number of halogens is 1. The number of allylic oxidation sites excluding steroid dienone is 2. The molecule has 3 amide bonds. The lowest BCUT2D eigenvalue weighted by Gasteiger charge is -2.20. The lowest BCUT2D eigenvalue weighted by atomic mass is 10.1. The van der Waals surface area contributed by atoms with Crippen molar-refractivity contribution in [1.29, 1.82) is 0 Å². The molecule has 0 saturated carbocycles. The Morgan fingerprint density at radius 1 is 1.15 bits per heavy atom. The highest BCUT2D eigenvalue weighted by atomic mass is 32.2. The average molecular weight is 591 g/mol. The number of nitrogens with zero attached hydrogens (tertiary/aromatic N) is 1. The van der Waals surface area contributed by atoms with Gasteiger partial charge in [0, 0.05) is 12.2 Å². The molecule has 2 rings (SSSR count). The molecular weight excluding hydrogens is 551 g/mol. The van der Waals surface area contributed by atoms with Gasteiger partial charge in [0.15, 0.2) is 16.6 Å². The smallest absolute Gasteiger partial charge is 0.328 e. The molecule has 1 aliphatic heterocycles. The molecule has 0 radical (unpaired) electrons. The minimum atomic E-state index is -1.12. The summed E-state index contributed by atoms with van der Waals surface area (Å²) in [5.74, 6) is -3.36. The molecule has 0 aliphatic carbocycles. The summed E-state index contributed by atoms with van der Waals surface area (Å²) in [7, 11) is 0. The van der Waals surface area contributed by atoms with Crippen molar-refractivity contribution in [2.24, 2.45) is 0 Å². The summed E-state index contributed by atoms with van der Waals surface area (Å²) in [5, 5.41) is 7.50. The number of fused-ring (bicyclic) bond motifs is 2. The lowest BCUT2D eigenvalue weighted by Crippen LogP contribution is -2.44. The Hall–Kier alpha value is -3.54. The van der Waals surface area contributed by atoms with Crippen LogP contribution in [-0.4, -0.2) is 51.7 Å². The first-order valence-corrected chi connectivity index (χ1v) is 14.9. The first-order chi connectivity index (χ1) is 19.6. The zero-order valence-electron chi connectivity index (χ0n) is 23.8. The highest BCUT2D eigenvalue weighted by Gasteiger charge is 2.25. The molecule has 0 fully saturated rings. The second kappa shape index (κ2) is 18.0. The number of cyclic esters (lactones) is 1. The van der Waals surface area contributed by atoms with Crippen molar-refractivity contribution in [2.45, 2.75) is 90.8 Å². The standard InChI is InChI=1S/C29H39FN4O6S/c1-4-6-7-8-9-13-25(36)41-16-11-10-12-21-17-24(35)31-18-20-14-15-22(30)26(33-20)28(38)34-23(5-2)27(37)32-19(3)29(39)40-21/h5,10,12,14-15,19,21H,4,6-9,11,13,16-18H2,1-3H3,(H,31,35)(H,32,37)(H,34,38)/b12-10+,23-5-/t19-,21+/m0/s1. The average Bonchev–Trinajstić information content (AvgIpc) is 2.94. The Bertz CT molecular complexity index is 1160. The molecule has 3 N–H and O–H groups in total. The maximum absolute atomic E-state index is 14.3. The van der Waals surface area contributed by atoms with E-state index in [4.69, 9.17) is 4.74 Å². The van der Waals surface area contributed by atoms with E-state index in [1.54, 1.807) is 12.2 Å². The van der Waals surface area contributed by atoms with Gasteiger partial charge in [0.25, 0.3) is 11.8 Å². The van der Waals surface area contributed by atoms with Crippen LogP contribution in [0.25, 0.3) is 0 Å². The number of carbonyl (C=O) groups excluding carboxylic acids is 5. The summed E-state index contributed by atoms with van der Waals surface area (Å²) in [6.45, 7) is 4.93. The van der Waals surface area contributed by atoms with Gasteiger partial charge in [0.2, 0.25) is 5.91 Å². The van der Waals surface area contributed by atoms with Crippen LogP contribution < -0.4 is 16.0 Å². The molecule has 2 bridgehead atoms. The molecule has 1 aliphatic rings. The Kier molecular flexibility index (Phi) is 14.8. The van der Waals surface area contributed by atoms with Crippen molar-refractivity contribution in [2.75, 3.05) is 5.75 Å². The van der Waals surface area contributed by atoms with Gasteiger partial charge in [-0.3, -0.25) is 19.2 Å². The van der Waals surface area contributed by atoms with Gasteiger partial charge in [-0.15, -0.1) is 0 Å². The molecule has 224 valence electrons. The number of amides is 3. The monoisotopic (exact) mass is 590 g/mol. The predicted molar refractivity (Wildman–Crippen MR) is 154 cm³/mol. The fourth-order valence-electron chi connectivity index (χ4n) is 3.79. The lowest BCUT2D eigenvalue weighted by molar-refractivity contribution is -0.151. The van der Waals surface area contributed by atoms with Gasteiger partial charge < -0.3 is 20.7 Å². The van der Waals surface area contributed by atoms with Gasteiger partial charge >= 0.3 is 5.97 Å². The number of pyridine rings is 1. The van der Waals surface area contributed by atoms with E-state index in [2.05, 4.69) is 27.9 Å². The number of rotatable bonds is 10. The first-order valence-electron chi connectivity index (χ1n) is 13.9. The summed E-state index contributed by atoms with van der Waals surface area (Å²) < 4.78 is 19.8. The molecule has 10 nitrogen and oxygen atoms in total. The number of nitrogens with one attached hydrogen (secondary N) is 3. The van der Waals surface area contributed by atoms with Crippen molar-refractivity contribution in [3.63, 3.8) is 0 Å². The van der Waals surface area contributed by atoms with Gasteiger partial charge in [-0.2, -0.15) is 0 Å². The molecule has 0 aromatic carbocycles. The maximum Gasteiger partial charge on any atom is 0.328 e. The van der Waals surface area contributed by atoms with E-state index < -0.39 is 47.3 Å². The molecule has 12 heteroatoms. The third-order valence-electron chi connectivity index (χ3n) is 6.10. The summed E-state index contributed by atoms with van der Waals surface area (Å²) in [6, 6.07) is 1.25. The van der Waals surface area contributed by atoms with E-state index >= 15 is 0 Å². The molecule has 1 aromatic heterocycles. The van der Waals surface area contributed by atoms with Crippen molar-refractivity contribution in [3.05, 3.63) is 53.3 Å². The van der Waals surface area contributed by atoms with E-state index in [-0.39, 0.29) is 29.5 Å². The van der Waals surface area contributed by atoms with Crippen LogP contribution in [0.2, 0.25) is 0 Å². The van der Waals surface area contributed by atoms with Gasteiger partial charge in [-0.25, -0.2) is 14.2 Å². The zero-order valence-corrected chi connectivity index (χ0v) is 24.6. The van der Waals surface area contributed by atoms with Gasteiger partial charge in [0.1, 0.15) is 17.8 Å². The van der Waals surface area contributed by atoms with Crippen LogP contribution in [0, 0.1) is 5.82 Å². The molecule has 41 heavy (non-hydrogen) atoms. The Morgan fingerprint density at radius 3 is 2.63 bits per heavy atom. The van der Waals surface area contributed by atoms with E-state index in [0.717, 1.165) is 31.7 Å². The fraction of sp³-hybridized carbons (Fsp3) is 0.517. The van der Waals surface area contributed by atoms with Crippen LogP contribution in [0.5, 0.6) is 0 Å². The van der Waals surface area contributed by atoms with Crippen LogP contribution in [0.15, 0.2) is 36.1 Å². The maximum atomic E-state index is 14.3. The normalized spacial score (nSPS) is 20.0. The van der Waals surface area contributed by atoms with Crippen LogP contribution >= 0.6 is 11.8 Å². The van der Waals surface area contributed by atoms with E-state index in [1.165, 1.54) is 44.2 Å². The number of ether oxygens (including phenoxy) is 1. The largest absolute Gasteiger partial charge is 0.456 e. The molecule has 0 unspecified atom stereocenters. The van der Waals surface area contributed by atoms with Gasteiger partial charge in [-0.1, -0.05) is 56.5 Å². The van der Waals surface area contributed by atoms with Crippen LogP contribution in [0.3, 0.4) is 0 Å². The summed E-state index contributed by atoms with van der Waals surface area (Å²) in [4.78, 5) is 66.7. The predicted octanol–water partition coefficient (Wildman–Crippen LogP) is 3.86. The summed E-state index contributed by atoms with van der Waals surface area (Å²) >= 11 is 1.26. The molecule has 1 aromatic rings. The number of esters is 1. The SMILES string of the molecule is C/C=C1\NC(=O)c2nc(ccc2F)CNC(=O)C[C@@H](/C=C/CCSC(=O)CCCCCCC)OC(=O)[C@H](C)NC1=O. The van der Waals surface area contributed by atoms with E-state index in [0.29, 0.717) is 18.6 Å². The zero-order chi connectivity index (χ0) is 30.2.